The Balaban J connectivity index is 1.90. The van der Waals surface area contributed by atoms with Crippen molar-refractivity contribution in [1.82, 2.24) is 0 Å². The lowest BCUT2D eigenvalue weighted by Gasteiger charge is -2.08. The molecular formula is C9H18O. The van der Waals surface area contributed by atoms with Crippen LogP contribution in [0.4, 0.5) is 0 Å². The summed E-state index contributed by atoms with van der Waals surface area (Å²) in [7, 11) is 0. The number of hydrogen-bond acceptors (Lipinski definition) is 1. The fourth-order valence-electron chi connectivity index (χ4n) is 1.31. The summed E-state index contributed by atoms with van der Waals surface area (Å²) in [4.78, 5) is 0. The van der Waals surface area contributed by atoms with Crippen molar-refractivity contribution in [3.63, 3.8) is 0 Å². The summed E-state index contributed by atoms with van der Waals surface area (Å²) in [6.45, 7) is 6.24. The molecule has 10 heavy (non-hydrogen) atoms. The number of hydrogen-bond donors (Lipinski definition) is 0. The molecule has 0 radical (unpaired) electrons. The zero-order valence-electron chi connectivity index (χ0n) is 7.10. The van der Waals surface area contributed by atoms with Gasteiger partial charge in [-0.3, -0.25) is 0 Å². The minimum absolute atomic E-state index is 0.872. The van der Waals surface area contributed by atoms with Crippen LogP contribution in [-0.4, -0.2) is 13.2 Å². The van der Waals surface area contributed by atoms with Crippen LogP contribution < -0.4 is 0 Å². The second kappa shape index (κ2) is 3.97. The van der Waals surface area contributed by atoms with Gasteiger partial charge in [-0.15, -0.1) is 0 Å². The van der Waals surface area contributed by atoms with Gasteiger partial charge in [-0.2, -0.15) is 0 Å². The highest BCUT2D eigenvalue weighted by atomic mass is 16.5. The molecule has 60 valence electrons. The molecular weight excluding hydrogens is 124 g/mol. The van der Waals surface area contributed by atoms with Crippen LogP contribution in [0.2, 0.25) is 0 Å². The third-order valence-corrected chi connectivity index (χ3v) is 2.35. The zero-order valence-corrected chi connectivity index (χ0v) is 7.10. The van der Waals surface area contributed by atoms with E-state index in [0.29, 0.717) is 0 Å². The summed E-state index contributed by atoms with van der Waals surface area (Å²) in [5.41, 5.74) is 0. The van der Waals surface area contributed by atoms with E-state index in [4.69, 9.17) is 4.74 Å². The van der Waals surface area contributed by atoms with Crippen molar-refractivity contribution in [3.8, 4) is 0 Å². The number of rotatable bonds is 5. The van der Waals surface area contributed by atoms with Crippen molar-refractivity contribution >= 4 is 0 Å². The minimum atomic E-state index is 0.872. The maximum atomic E-state index is 5.28. The van der Waals surface area contributed by atoms with Crippen LogP contribution in [-0.2, 0) is 4.74 Å². The van der Waals surface area contributed by atoms with Gasteiger partial charge >= 0.3 is 0 Å². The molecule has 1 atom stereocenters. The Hall–Kier alpha value is -0.0400. The zero-order chi connectivity index (χ0) is 7.40. The lowest BCUT2D eigenvalue weighted by molar-refractivity contribution is 0.131. The predicted octanol–water partition coefficient (Wildman–Crippen LogP) is 2.46. The van der Waals surface area contributed by atoms with Gasteiger partial charge in [0.05, 0.1) is 0 Å². The molecule has 0 N–H and O–H groups in total. The molecule has 0 saturated heterocycles. The molecule has 0 heterocycles. The van der Waals surface area contributed by atoms with Gasteiger partial charge in [-0.25, -0.2) is 0 Å². The van der Waals surface area contributed by atoms with E-state index in [1.165, 1.54) is 19.3 Å². The molecule has 0 bridgehead atoms. The first-order valence-electron chi connectivity index (χ1n) is 4.42. The van der Waals surface area contributed by atoms with Crippen molar-refractivity contribution in [2.24, 2.45) is 11.8 Å². The molecule has 0 aliphatic heterocycles. The second-order valence-electron chi connectivity index (χ2n) is 3.30. The third kappa shape index (κ3) is 2.70. The molecule has 0 aromatic heterocycles. The molecule has 1 saturated carbocycles. The first kappa shape index (κ1) is 8.06. The summed E-state index contributed by atoms with van der Waals surface area (Å²) in [6.07, 6.45) is 4.19. The third-order valence-electron chi connectivity index (χ3n) is 2.35. The molecule has 1 aliphatic carbocycles. The van der Waals surface area contributed by atoms with E-state index in [1.54, 1.807) is 0 Å². The summed E-state index contributed by atoms with van der Waals surface area (Å²) < 4.78 is 5.28. The summed E-state index contributed by atoms with van der Waals surface area (Å²) in [6, 6.07) is 0. The van der Waals surface area contributed by atoms with Crippen LogP contribution >= 0.6 is 0 Å². The van der Waals surface area contributed by atoms with Gasteiger partial charge in [-0.05, 0) is 38.0 Å². The normalized spacial score (nSPS) is 21.0. The van der Waals surface area contributed by atoms with Crippen molar-refractivity contribution in [3.05, 3.63) is 0 Å². The highest BCUT2D eigenvalue weighted by molar-refractivity contribution is 4.78. The maximum Gasteiger partial charge on any atom is 0.0468 e. The molecule has 0 amide bonds. The van der Waals surface area contributed by atoms with E-state index in [1.807, 2.05) is 0 Å². The van der Waals surface area contributed by atoms with E-state index in [2.05, 4.69) is 13.8 Å². The first-order valence-corrected chi connectivity index (χ1v) is 4.42. The fourth-order valence-corrected chi connectivity index (χ4v) is 1.31. The SMILES string of the molecule is CCOCCC(C)C1CC1. The predicted molar refractivity (Wildman–Crippen MR) is 43.0 cm³/mol. The lowest BCUT2D eigenvalue weighted by Crippen LogP contribution is -2.03. The van der Waals surface area contributed by atoms with Gasteiger partial charge in [0.25, 0.3) is 0 Å². The van der Waals surface area contributed by atoms with Crippen LogP contribution in [0.25, 0.3) is 0 Å². The van der Waals surface area contributed by atoms with Gasteiger partial charge in [0.1, 0.15) is 0 Å². The van der Waals surface area contributed by atoms with Crippen LogP contribution in [0, 0.1) is 11.8 Å². The fraction of sp³-hybridized carbons (Fsp3) is 1.00. The summed E-state index contributed by atoms with van der Waals surface area (Å²) in [5, 5.41) is 0. The van der Waals surface area contributed by atoms with Gasteiger partial charge in [-0.1, -0.05) is 6.92 Å². The quantitative estimate of drug-likeness (QED) is 0.536. The lowest BCUT2D eigenvalue weighted by atomic mass is 10.0. The monoisotopic (exact) mass is 142 g/mol. The van der Waals surface area contributed by atoms with Crippen molar-refractivity contribution < 1.29 is 4.74 Å². The highest BCUT2D eigenvalue weighted by Crippen LogP contribution is 2.37. The Morgan fingerprint density at radius 2 is 2.20 bits per heavy atom. The standard InChI is InChI=1S/C9H18O/c1-3-10-7-6-8(2)9-4-5-9/h8-9H,3-7H2,1-2H3. The van der Waals surface area contributed by atoms with Gasteiger partial charge < -0.3 is 4.74 Å². The molecule has 0 aromatic rings. The Kier molecular flexibility index (Phi) is 3.20. The van der Waals surface area contributed by atoms with Gasteiger partial charge in [0, 0.05) is 13.2 Å². The molecule has 0 aromatic carbocycles. The topological polar surface area (TPSA) is 9.23 Å². The Labute approximate surface area is 63.8 Å². The van der Waals surface area contributed by atoms with Crippen LogP contribution in [0.3, 0.4) is 0 Å². The molecule has 1 unspecified atom stereocenters. The van der Waals surface area contributed by atoms with E-state index in [0.717, 1.165) is 25.0 Å². The van der Waals surface area contributed by atoms with E-state index >= 15 is 0 Å². The van der Waals surface area contributed by atoms with Crippen molar-refractivity contribution in [2.75, 3.05) is 13.2 Å². The van der Waals surface area contributed by atoms with E-state index < -0.39 is 0 Å². The molecule has 1 rings (SSSR count). The Morgan fingerprint density at radius 1 is 1.50 bits per heavy atom. The minimum Gasteiger partial charge on any atom is -0.382 e. The second-order valence-corrected chi connectivity index (χ2v) is 3.30. The van der Waals surface area contributed by atoms with Crippen LogP contribution in [0.1, 0.15) is 33.1 Å². The largest absolute Gasteiger partial charge is 0.382 e. The van der Waals surface area contributed by atoms with Gasteiger partial charge in [0.2, 0.25) is 0 Å². The first-order chi connectivity index (χ1) is 4.84. The van der Waals surface area contributed by atoms with Crippen LogP contribution in [0.5, 0.6) is 0 Å². The molecule has 0 spiro atoms. The highest BCUT2D eigenvalue weighted by Gasteiger charge is 2.27. The Morgan fingerprint density at radius 3 is 2.70 bits per heavy atom. The molecule has 1 nitrogen and oxygen atoms in total. The molecule has 1 aliphatic rings. The average Bonchev–Trinajstić information content (AvgIpc) is 2.69. The summed E-state index contributed by atoms with van der Waals surface area (Å²) >= 11 is 0. The van der Waals surface area contributed by atoms with Crippen molar-refractivity contribution in [1.29, 1.82) is 0 Å². The van der Waals surface area contributed by atoms with Gasteiger partial charge in [0.15, 0.2) is 0 Å². The van der Waals surface area contributed by atoms with Crippen LogP contribution in [0.15, 0.2) is 0 Å². The van der Waals surface area contributed by atoms with E-state index in [9.17, 15) is 0 Å². The maximum absolute atomic E-state index is 5.28. The Bertz CT molecular complexity index is 86.7. The summed E-state index contributed by atoms with van der Waals surface area (Å²) in [5.74, 6) is 1.95. The van der Waals surface area contributed by atoms with Crippen molar-refractivity contribution in [2.45, 2.75) is 33.1 Å². The average molecular weight is 142 g/mol. The molecule has 1 heteroatoms. The van der Waals surface area contributed by atoms with E-state index in [-0.39, 0.29) is 0 Å². The smallest absolute Gasteiger partial charge is 0.0468 e. The molecule has 1 fully saturated rings. The number of ether oxygens (including phenoxy) is 1.